The van der Waals surface area contributed by atoms with Gasteiger partial charge in [-0.1, -0.05) is 64.1 Å². The summed E-state index contributed by atoms with van der Waals surface area (Å²) in [5.41, 5.74) is 1.43. The number of anilines is 3. The van der Waals surface area contributed by atoms with Crippen LogP contribution in [0.4, 0.5) is 21.9 Å². The van der Waals surface area contributed by atoms with Gasteiger partial charge in [-0.2, -0.15) is 0 Å². The van der Waals surface area contributed by atoms with Crippen molar-refractivity contribution in [3.63, 3.8) is 0 Å². The maximum absolute atomic E-state index is 14.5. The first-order valence-corrected chi connectivity index (χ1v) is 30.0. The highest BCUT2D eigenvalue weighted by Gasteiger charge is 2.51. The van der Waals surface area contributed by atoms with Gasteiger partial charge < -0.3 is 50.7 Å². The van der Waals surface area contributed by atoms with Gasteiger partial charge in [0.05, 0.1) is 57.6 Å². The molecule has 3 aromatic heterocycles. The summed E-state index contributed by atoms with van der Waals surface area (Å²) in [4.78, 5) is 92.6. The number of imidazole rings is 1. The number of ether oxygens (including phenoxy) is 2. The number of nitrogens with one attached hydrogen (secondary N) is 8. The zero-order chi connectivity index (χ0) is 60.1. The Kier molecular flexibility index (Phi) is 17.6. The quantitative estimate of drug-likeness (QED) is 0.0281. The average Bonchev–Trinajstić information content (AvgIpc) is 2.78. The highest BCUT2D eigenvalue weighted by Crippen LogP contribution is 2.41. The highest BCUT2D eigenvalue weighted by atomic mass is 32.2. The second-order valence-electron chi connectivity index (χ2n) is 20.3. The standard InChI is InChI=1S/C57H59N11O13S3/c1-5-21-59-55(75)61-37-13-10-15-41(24-37)84(78,79)66-38-14-9-12-34(23-38)45(27-48(69)70)67-83(76,77)40-19-17-36(18-20-40)62-56(82)64-46(25-39-28-58-31-60-39)51(71)65-49(32(3)4)53(73)81-57(6-2)43-26-47-50-35(22-33-11-7-8-16-44(33)63-50)29-68(47)52(72)42(43)30-80-54(57)74/h7-20,22-24,26,28,31-32,45-46,49,66-67H,5-6,21,25,27,29-30H2,1-4H3,(H,58,60)(H,65,71)(H,69,70)(H2,59,61,75)(H2,62,64,82)/t45?,46-,49-,57-/m0/s1. The molecule has 0 fully saturated rings. The number of carbonyl (C=O) groups is 5. The van der Waals surface area contributed by atoms with E-state index in [9.17, 15) is 50.7 Å². The van der Waals surface area contributed by atoms with Crippen LogP contribution >= 0.6 is 12.2 Å². The number of hydrogen-bond acceptors (Lipinski definition) is 15. The van der Waals surface area contributed by atoms with Crippen molar-refractivity contribution in [3.8, 4) is 11.4 Å². The van der Waals surface area contributed by atoms with Crippen molar-refractivity contribution in [2.45, 2.75) is 100 Å². The third-order valence-corrected chi connectivity index (χ3v) is 17.1. The van der Waals surface area contributed by atoms with E-state index in [1.807, 2.05) is 37.3 Å². The molecule has 4 aromatic carbocycles. The lowest BCUT2D eigenvalue weighted by Crippen LogP contribution is -2.56. The number of carbonyl (C=O) groups excluding carboxylic acids is 4. The average molecular weight is 1200 g/mol. The van der Waals surface area contributed by atoms with Crippen LogP contribution in [0.5, 0.6) is 0 Å². The minimum atomic E-state index is -4.46. The molecule has 7 aromatic rings. The molecule has 0 saturated heterocycles. The maximum Gasteiger partial charge on any atom is 0.355 e. The van der Waals surface area contributed by atoms with Gasteiger partial charge in [0.2, 0.25) is 21.5 Å². The number of urea groups is 1. The number of H-pyrrole nitrogens is 1. The van der Waals surface area contributed by atoms with Crippen molar-refractivity contribution in [2.24, 2.45) is 5.92 Å². The predicted molar refractivity (Wildman–Crippen MR) is 313 cm³/mol. The number of benzene rings is 4. The molecule has 0 aliphatic carbocycles. The fourth-order valence-electron chi connectivity index (χ4n) is 9.78. The second-order valence-corrected chi connectivity index (χ2v) is 24.1. The zero-order valence-electron chi connectivity index (χ0n) is 45.7. The van der Waals surface area contributed by atoms with Crippen LogP contribution in [0, 0.1) is 5.92 Å². The zero-order valence-corrected chi connectivity index (χ0v) is 48.2. The van der Waals surface area contributed by atoms with E-state index in [1.54, 1.807) is 31.4 Å². The number of pyridine rings is 2. The van der Waals surface area contributed by atoms with Crippen LogP contribution in [-0.2, 0) is 73.9 Å². The van der Waals surface area contributed by atoms with Crippen molar-refractivity contribution in [2.75, 3.05) is 21.9 Å². The summed E-state index contributed by atoms with van der Waals surface area (Å²) in [6, 6.07) is 23.0. The molecule has 0 bridgehead atoms. The van der Waals surface area contributed by atoms with Crippen LogP contribution in [0.1, 0.15) is 80.9 Å². The number of hydrogen-bond donors (Lipinski definition) is 9. The Labute approximate surface area is 487 Å². The molecule has 2 aliphatic rings. The number of carboxylic acids is 1. The van der Waals surface area contributed by atoms with Gasteiger partial charge in [0.15, 0.2) is 5.11 Å². The van der Waals surface area contributed by atoms with E-state index in [-0.39, 0.29) is 74.6 Å². The molecular weight excluding hydrogens is 1140 g/mol. The van der Waals surface area contributed by atoms with Gasteiger partial charge in [0.1, 0.15) is 18.7 Å². The van der Waals surface area contributed by atoms with Crippen molar-refractivity contribution in [3.05, 3.63) is 160 Å². The molecule has 84 heavy (non-hydrogen) atoms. The summed E-state index contributed by atoms with van der Waals surface area (Å²) in [5, 5.41) is 24.5. The lowest BCUT2D eigenvalue weighted by molar-refractivity contribution is -0.191. The van der Waals surface area contributed by atoms with Crippen LogP contribution in [-0.4, -0.2) is 95.0 Å². The van der Waals surface area contributed by atoms with Crippen LogP contribution in [0.25, 0.3) is 22.3 Å². The molecule has 0 radical (unpaired) electrons. The fraction of sp³-hybridized carbons (Fsp3) is 0.281. The Balaban J connectivity index is 0.873. The van der Waals surface area contributed by atoms with Crippen LogP contribution in [0.3, 0.4) is 0 Å². The monoisotopic (exact) mass is 1200 g/mol. The Bertz CT molecular complexity index is 4010. The first kappa shape index (κ1) is 59.6. The van der Waals surface area contributed by atoms with Crippen LogP contribution in [0.15, 0.2) is 136 Å². The number of aromatic amines is 1. The minimum absolute atomic E-state index is 0.00564. The Morgan fingerprint density at radius 1 is 0.857 bits per heavy atom. The normalized spacial score (nSPS) is 15.5. The van der Waals surface area contributed by atoms with Crippen LogP contribution < -0.4 is 41.6 Å². The molecule has 4 atom stereocenters. The van der Waals surface area contributed by atoms with Gasteiger partial charge in [-0.15, -0.1) is 0 Å². The van der Waals surface area contributed by atoms with Crippen molar-refractivity contribution in [1.82, 2.24) is 40.2 Å². The first-order chi connectivity index (χ1) is 40.1. The minimum Gasteiger partial charge on any atom is -0.481 e. The predicted octanol–water partition coefficient (Wildman–Crippen LogP) is 5.92. The number of fused-ring (bicyclic) bond motifs is 5. The molecule has 24 nitrogen and oxygen atoms in total. The van der Waals surface area contributed by atoms with E-state index in [0.717, 1.165) is 10.9 Å². The molecular formula is C57H59N11O13S3. The van der Waals surface area contributed by atoms with Gasteiger partial charge in [-0.25, -0.2) is 45.9 Å². The van der Waals surface area contributed by atoms with Crippen molar-refractivity contribution >= 4 is 95.2 Å². The van der Waals surface area contributed by atoms with E-state index >= 15 is 0 Å². The molecule has 0 saturated carbocycles. The summed E-state index contributed by atoms with van der Waals surface area (Å²) >= 11 is 5.64. The summed E-state index contributed by atoms with van der Waals surface area (Å²) in [6.45, 7) is 7.15. The topological polar surface area (TPSA) is 340 Å². The van der Waals surface area contributed by atoms with Gasteiger partial charge in [0, 0.05) is 58.4 Å². The molecule has 438 valence electrons. The van der Waals surface area contributed by atoms with Gasteiger partial charge in [-0.05, 0) is 109 Å². The van der Waals surface area contributed by atoms with Gasteiger partial charge in [0.25, 0.3) is 15.6 Å². The number of sulfonamides is 2. The molecule has 3 amide bonds. The number of esters is 2. The third kappa shape index (κ3) is 13.1. The number of cyclic esters (lactones) is 1. The number of aliphatic carboxylic acids is 1. The van der Waals surface area contributed by atoms with E-state index in [2.05, 4.69) is 46.0 Å². The molecule has 2 aliphatic heterocycles. The molecule has 9 N–H and O–H groups in total. The Hall–Kier alpha value is -9.05. The lowest BCUT2D eigenvalue weighted by Gasteiger charge is -2.37. The largest absolute Gasteiger partial charge is 0.481 e. The van der Waals surface area contributed by atoms with E-state index < -0.39 is 91.5 Å². The molecule has 27 heteroatoms. The Morgan fingerprint density at radius 2 is 1.61 bits per heavy atom. The summed E-state index contributed by atoms with van der Waals surface area (Å²) in [5.74, 6) is -4.55. The Morgan fingerprint density at radius 3 is 2.32 bits per heavy atom. The second kappa shape index (κ2) is 24.8. The van der Waals surface area contributed by atoms with Crippen molar-refractivity contribution < 1.29 is 55.4 Å². The van der Waals surface area contributed by atoms with Gasteiger partial charge in [-0.3, -0.25) is 19.1 Å². The fourth-order valence-corrected chi connectivity index (χ4v) is 12.4. The molecule has 5 heterocycles. The number of amides is 3. The molecule has 9 rings (SSSR count). The van der Waals surface area contributed by atoms with Gasteiger partial charge >= 0.3 is 23.9 Å². The number of thiocarbonyl (C=S) groups is 1. The number of para-hydroxylation sites is 1. The SMILES string of the molecule is CCCNC(=O)Nc1cccc(S(=O)(=O)Nc2cccc(C(CC(=O)O)NS(=O)(=O)c3ccc(NC(=S)N[C@@H](Cc4cnc[nH]4)C(=O)N[C@H](C(=O)O[C@]4(CC)C(=O)OCc5c4cc4n(c5=O)Cc5cc6ccccc6nc5-4)C(C)C)cc3)c2)c1. The summed E-state index contributed by atoms with van der Waals surface area (Å²) < 4.78 is 72.8. The summed E-state index contributed by atoms with van der Waals surface area (Å²) in [7, 11) is -8.73. The highest BCUT2D eigenvalue weighted by molar-refractivity contribution is 7.92. The molecule has 1 unspecified atom stereocenters. The number of nitrogens with zero attached hydrogens (tertiary/aromatic N) is 3. The first-order valence-electron chi connectivity index (χ1n) is 26.6. The smallest absolute Gasteiger partial charge is 0.355 e. The number of carboxylic acid groups (broad SMARTS) is 1. The maximum atomic E-state index is 14.5. The number of rotatable bonds is 22. The van der Waals surface area contributed by atoms with E-state index in [1.165, 1.54) is 85.3 Å². The van der Waals surface area contributed by atoms with Crippen molar-refractivity contribution in [1.29, 1.82) is 0 Å². The molecule has 0 spiro atoms. The van der Waals surface area contributed by atoms with E-state index in [0.29, 0.717) is 35.6 Å². The third-order valence-electron chi connectivity index (χ3n) is 14.1. The van der Waals surface area contributed by atoms with Crippen LogP contribution in [0.2, 0.25) is 0 Å². The lowest BCUT2D eigenvalue weighted by atomic mass is 9.85. The van der Waals surface area contributed by atoms with E-state index in [4.69, 9.17) is 26.7 Å². The number of aromatic nitrogens is 4. The summed E-state index contributed by atoms with van der Waals surface area (Å²) in [6.07, 6.45) is 2.71.